The third kappa shape index (κ3) is 3.37. The number of benzene rings is 2. The Morgan fingerprint density at radius 3 is 2.73 bits per heavy atom. The van der Waals surface area contributed by atoms with Crippen molar-refractivity contribution in [3.63, 3.8) is 0 Å². The van der Waals surface area contributed by atoms with Crippen molar-refractivity contribution in [2.24, 2.45) is 0 Å². The lowest BCUT2D eigenvalue weighted by molar-refractivity contribution is 0.102. The van der Waals surface area contributed by atoms with Crippen LogP contribution in [-0.2, 0) is 12.8 Å². The van der Waals surface area contributed by atoms with Gasteiger partial charge in [0.1, 0.15) is 0 Å². The highest BCUT2D eigenvalue weighted by molar-refractivity contribution is 7.98. The van der Waals surface area contributed by atoms with Crippen LogP contribution in [0.4, 0.5) is 6.01 Å². The first kappa shape index (κ1) is 16.8. The minimum Gasteiger partial charge on any atom is -0.403 e. The van der Waals surface area contributed by atoms with Gasteiger partial charge in [-0.2, -0.15) is 0 Å². The molecule has 5 nitrogen and oxygen atoms in total. The molecule has 0 radical (unpaired) electrons. The predicted octanol–water partition coefficient (Wildman–Crippen LogP) is 4.59. The average Bonchev–Trinajstić information content (AvgIpc) is 3.16. The van der Waals surface area contributed by atoms with Crippen molar-refractivity contribution >= 4 is 23.7 Å². The zero-order chi connectivity index (χ0) is 17.9. The standard InChI is InChI=1S/C20H19N3O2S/c1-26-17-9-5-4-8-16(17)18(24)21-20-23-22-19(25-20)15-11-10-13-6-2-3-7-14(13)12-15/h4-5,8-12H,2-3,6-7H2,1H3,(H,21,23,24). The van der Waals surface area contributed by atoms with E-state index in [1.165, 1.54) is 35.7 Å². The summed E-state index contributed by atoms with van der Waals surface area (Å²) in [6.45, 7) is 0. The monoisotopic (exact) mass is 365 g/mol. The van der Waals surface area contributed by atoms with Gasteiger partial charge in [0.25, 0.3) is 5.91 Å². The van der Waals surface area contributed by atoms with Gasteiger partial charge in [-0.25, -0.2) is 0 Å². The highest BCUT2D eigenvalue weighted by Gasteiger charge is 2.16. The third-order valence-electron chi connectivity index (χ3n) is 4.59. The predicted molar refractivity (Wildman–Crippen MR) is 103 cm³/mol. The van der Waals surface area contributed by atoms with Crippen LogP contribution in [0.2, 0.25) is 0 Å². The van der Waals surface area contributed by atoms with Crippen LogP contribution >= 0.6 is 11.8 Å². The molecule has 1 aromatic heterocycles. The third-order valence-corrected chi connectivity index (χ3v) is 5.39. The second kappa shape index (κ2) is 7.33. The van der Waals surface area contributed by atoms with Gasteiger partial charge in [0.2, 0.25) is 5.89 Å². The van der Waals surface area contributed by atoms with Gasteiger partial charge in [-0.3, -0.25) is 10.1 Å². The maximum atomic E-state index is 12.5. The molecule has 132 valence electrons. The van der Waals surface area contributed by atoms with Crippen molar-refractivity contribution in [1.82, 2.24) is 10.2 Å². The number of hydrogen-bond acceptors (Lipinski definition) is 5. The van der Waals surface area contributed by atoms with E-state index >= 15 is 0 Å². The SMILES string of the molecule is CSc1ccccc1C(=O)Nc1nnc(-c2ccc3c(c2)CCCC3)o1. The van der Waals surface area contributed by atoms with Crippen molar-refractivity contribution in [3.8, 4) is 11.5 Å². The summed E-state index contributed by atoms with van der Waals surface area (Å²) < 4.78 is 5.67. The molecular weight excluding hydrogens is 346 g/mol. The minimum atomic E-state index is -0.254. The topological polar surface area (TPSA) is 68.0 Å². The Bertz CT molecular complexity index is 952. The second-order valence-corrected chi connectivity index (χ2v) is 7.11. The van der Waals surface area contributed by atoms with Gasteiger partial charge in [0.15, 0.2) is 0 Å². The molecule has 1 aliphatic rings. The molecule has 1 N–H and O–H groups in total. The number of aromatic nitrogens is 2. The number of nitrogens with one attached hydrogen (secondary N) is 1. The smallest absolute Gasteiger partial charge is 0.322 e. The maximum absolute atomic E-state index is 12.5. The Hall–Kier alpha value is -2.60. The Morgan fingerprint density at radius 2 is 1.88 bits per heavy atom. The van der Waals surface area contributed by atoms with Crippen molar-refractivity contribution in [2.45, 2.75) is 30.6 Å². The van der Waals surface area contributed by atoms with E-state index in [2.05, 4.69) is 27.6 Å². The van der Waals surface area contributed by atoms with Gasteiger partial charge in [0, 0.05) is 10.5 Å². The fourth-order valence-electron chi connectivity index (χ4n) is 3.25. The van der Waals surface area contributed by atoms with E-state index in [1.807, 2.05) is 30.5 Å². The van der Waals surface area contributed by atoms with Gasteiger partial charge < -0.3 is 4.42 Å². The molecule has 6 heteroatoms. The number of thioether (sulfide) groups is 1. The van der Waals surface area contributed by atoms with Crippen LogP contribution in [0, 0.1) is 0 Å². The van der Waals surface area contributed by atoms with Crippen molar-refractivity contribution in [2.75, 3.05) is 11.6 Å². The molecule has 4 rings (SSSR count). The molecule has 0 spiro atoms. The van der Waals surface area contributed by atoms with Crippen molar-refractivity contribution < 1.29 is 9.21 Å². The van der Waals surface area contributed by atoms with E-state index in [0.717, 1.165) is 23.3 Å². The number of fused-ring (bicyclic) bond motifs is 1. The van der Waals surface area contributed by atoms with Crippen molar-refractivity contribution in [1.29, 1.82) is 0 Å². The van der Waals surface area contributed by atoms with Crippen molar-refractivity contribution in [3.05, 3.63) is 59.2 Å². The highest BCUT2D eigenvalue weighted by atomic mass is 32.2. The molecular formula is C20H19N3O2S. The van der Waals surface area contributed by atoms with E-state index in [0.29, 0.717) is 11.5 Å². The molecule has 1 amide bonds. The number of nitrogens with zero attached hydrogens (tertiary/aromatic N) is 2. The summed E-state index contributed by atoms with van der Waals surface area (Å²) in [7, 11) is 0. The molecule has 0 unspecified atom stereocenters. The normalized spacial score (nSPS) is 13.3. The van der Waals surface area contributed by atoms with E-state index in [-0.39, 0.29) is 11.9 Å². The number of carbonyl (C=O) groups excluding carboxylic acids is 1. The maximum Gasteiger partial charge on any atom is 0.322 e. The lowest BCUT2D eigenvalue weighted by Gasteiger charge is -2.15. The first-order chi connectivity index (χ1) is 12.7. The summed E-state index contributed by atoms with van der Waals surface area (Å²) in [5.74, 6) is 0.169. The van der Waals surface area contributed by atoms with E-state index in [1.54, 1.807) is 6.07 Å². The fraction of sp³-hybridized carbons (Fsp3) is 0.250. The summed E-state index contributed by atoms with van der Waals surface area (Å²) in [5.41, 5.74) is 4.24. The fourth-order valence-corrected chi connectivity index (χ4v) is 3.85. The molecule has 0 atom stereocenters. The minimum absolute atomic E-state index is 0.110. The van der Waals surface area contributed by atoms with Gasteiger partial charge >= 0.3 is 6.01 Å². The summed E-state index contributed by atoms with van der Waals surface area (Å²) in [5, 5.41) is 10.8. The first-order valence-corrected chi connectivity index (χ1v) is 9.87. The molecule has 2 aromatic carbocycles. The van der Waals surface area contributed by atoms with Crippen LogP contribution in [0.25, 0.3) is 11.5 Å². The first-order valence-electron chi connectivity index (χ1n) is 8.64. The van der Waals surface area contributed by atoms with Gasteiger partial charge in [-0.1, -0.05) is 23.3 Å². The summed E-state index contributed by atoms with van der Waals surface area (Å²) in [6, 6.07) is 13.8. The molecule has 0 aliphatic heterocycles. The van der Waals surface area contributed by atoms with Crippen LogP contribution in [0.1, 0.15) is 34.3 Å². The van der Waals surface area contributed by atoms with Crippen LogP contribution in [0.5, 0.6) is 0 Å². The van der Waals surface area contributed by atoms with Crippen LogP contribution in [-0.4, -0.2) is 22.4 Å². The largest absolute Gasteiger partial charge is 0.403 e. The number of rotatable bonds is 4. The number of carbonyl (C=O) groups is 1. The number of aryl methyl sites for hydroxylation is 2. The van der Waals surface area contributed by atoms with Crippen LogP contribution in [0.15, 0.2) is 51.8 Å². The lowest BCUT2D eigenvalue weighted by Crippen LogP contribution is -2.13. The average molecular weight is 365 g/mol. The highest BCUT2D eigenvalue weighted by Crippen LogP contribution is 2.28. The zero-order valence-electron chi connectivity index (χ0n) is 14.5. The second-order valence-electron chi connectivity index (χ2n) is 6.26. The Kier molecular flexibility index (Phi) is 4.75. The molecule has 26 heavy (non-hydrogen) atoms. The van der Waals surface area contributed by atoms with E-state index in [4.69, 9.17) is 4.42 Å². The molecule has 0 saturated heterocycles. The molecule has 0 fully saturated rings. The number of amides is 1. The molecule has 3 aromatic rings. The Balaban J connectivity index is 1.54. The molecule has 0 bridgehead atoms. The Labute approximate surface area is 156 Å². The summed E-state index contributed by atoms with van der Waals surface area (Å²) in [4.78, 5) is 13.4. The summed E-state index contributed by atoms with van der Waals surface area (Å²) in [6.07, 6.45) is 6.63. The van der Waals surface area contributed by atoms with Gasteiger partial charge in [0.05, 0.1) is 5.56 Å². The summed E-state index contributed by atoms with van der Waals surface area (Å²) >= 11 is 1.52. The van der Waals surface area contributed by atoms with Gasteiger partial charge in [-0.15, -0.1) is 16.9 Å². The molecule has 1 heterocycles. The van der Waals surface area contributed by atoms with Gasteiger partial charge in [-0.05, 0) is 67.3 Å². The lowest BCUT2D eigenvalue weighted by atomic mass is 9.90. The Morgan fingerprint density at radius 1 is 1.08 bits per heavy atom. The van der Waals surface area contributed by atoms with Crippen LogP contribution < -0.4 is 5.32 Å². The quantitative estimate of drug-likeness (QED) is 0.685. The number of hydrogen-bond donors (Lipinski definition) is 1. The van der Waals surface area contributed by atoms with Crippen LogP contribution in [0.3, 0.4) is 0 Å². The molecule has 1 aliphatic carbocycles. The zero-order valence-corrected chi connectivity index (χ0v) is 15.3. The number of anilines is 1. The van der Waals surface area contributed by atoms with E-state index < -0.39 is 0 Å². The van der Waals surface area contributed by atoms with E-state index in [9.17, 15) is 4.79 Å². The molecule has 0 saturated carbocycles.